The van der Waals surface area contributed by atoms with Gasteiger partial charge in [0.2, 0.25) is 5.91 Å². The molecule has 1 amide bonds. The minimum absolute atomic E-state index is 0.127. The van der Waals surface area contributed by atoms with E-state index in [1.54, 1.807) is 20.0 Å². The highest BCUT2D eigenvalue weighted by molar-refractivity contribution is 8.00. The van der Waals surface area contributed by atoms with Crippen LogP contribution < -0.4 is 10.9 Å². The summed E-state index contributed by atoms with van der Waals surface area (Å²) in [5.41, 5.74) is 0.503. The number of carbonyl (C=O) groups is 1. The smallest absolute Gasteiger partial charge is 0.271 e. The molecule has 0 saturated heterocycles. The molecule has 0 aliphatic rings. The molecule has 130 valence electrons. The van der Waals surface area contributed by atoms with E-state index >= 15 is 0 Å². The summed E-state index contributed by atoms with van der Waals surface area (Å²) < 4.78 is 2.04. The van der Waals surface area contributed by atoms with Crippen LogP contribution in [-0.2, 0) is 11.8 Å². The van der Waals surface area contributed by atoms with Crippen LogP contribution >= 0.6 is 46.3 Å². The molecule has 0 bridgehead atoms. The molecule has 1 atom stereocenters. The van der Waals surface area contributed by atoms with Gasteiger partial charge in [-0.1, -0.05) is 35.0 Å². The molecule has 25 heavy (non-hydrogen) atoms. The second-order valence-corrected chi connectivity index (χ2v) is 8.19. The van der Waals surface area contributed by atoms with Gasteiger partial charge < -0.3 is 5.32 Å². The Morgan fingerprint density at radius 2 is 2.20 bits per heavy atom. The summed E-state index contributed by atoms with van der Waals surface area (Å²) in [7, 11) is 1.64. The molecule has 6 nitrogen and oxygen atoms in total. The number of amides is 1. The summed E-state index contributed by atoms with van der Waals surface area (Å²) in [5.74, 6) is -0.0694. The van der Waals surface area contributed by atoms with Crippen molar-refractivity contribution in [3.05, 3.63) is 44.1 Å². The molecule has 0 fully saturated rings. The molecule has 3 aromatic heterocycles. The van der Waals surface area contributed by atoms with Crippen molar-refractivity contribution in [1.82, 2.24) is 14.5 Å². The number of thioether (sulfide) groups is 1. The SMILES string of the molecule is CC(Sc1nc2ccsc2c(=O)n1C)C(=O)Nc1ncc(Cl)cc1Cl. The standard InChI is InChI=1S/C15H12Cl2N4O2S2/c1-7(13(22)20-12-9(17)5-8(16)6-18-12)25-15-19-10-3-4-24-11(10)14(23)21(15)2/h3-7H,1-2H3,(H,18,20,22). The van der Waals surface area contributed by atoms with Crippen molar-refractivity contribution < 1.29 is 4.79 Å². The lowest BCUT2D eigenvalue weighted by Crippen LogP contribution is -2.25. The minimum Gasteiger partial charge on any atom is -0.308 e. The van der Waals surface area contributed by atoms with E-state index in [9.17, 15) is 9.59 Å². The predicted octanol–water partition coefficient (Wildman–Crippen LogP) is 3.82. The van der Waals surface area contributed by atoms with Gasteiger partial charge in [0.05, 0.1) is 20.8 Å². The second kappa shape index (κ2) is 7.33. The average Bonchev–Trinajstić information content (AvgIpc) is 3.03. The first kappa shape index (κ1) is 18.2. The minimum atomic E-state index is -0.511. The lowest BCUT2D eigenvalue weighted by Gasteiger charge is -2.13. The number of hydrogen-bond donors (Lipinski definition) is 1. The number of pyridine rings is 1. The fraction of sp³-hybridized carbons (Fsp3) is 0.200. The Hall–Kier alpha value is -1.61. The molecule has 0 aliphatic heterocycles. The molecule has 0 saturated carbocycles. The number of thiophene rings is 1. The molecule has 0 aromatic carbocycles. The van der Waals surface area contributed by atoms with Crippen molar-refractivity contribution >= 4 is 68.2 Å². The maximum atomic E-state index is 12.4. The van der Waals surface area contributed by atoms with Crippen molar-refractivity contribution in [1.29, 1.82) is 0 Å². The topological polar surface area (TPSA) is 76.9 Å². The van der Waals surface area contributed by atoms with Crippen LogP contribution in [0.25, 0.3) is 10.2 Å². The van der Waals surface area contributed by atoms with E-state index in [2.05, 4.69) is 15.3 Å². The molecule has 0 radical (unpaired) electrons. The van der Waals surface area contributed by atoms with Crippen LogP contribution in [0.2, 0.25) is 10.0 Å². The molecule has 10 heteroatoms. The maximum Gasteiger partial charge on any atom is 0.271 e. The van der Waals surface area contributed by atoms with Crippen LogP contribution in [0.1, 0.15) is 6.92 Å². The molecule has 3 heterocycles. The fourth-order valence-corrected chi connectivity index (χ4v) is 4.12. The molecule has 3 aromatic rings. The Morgan fingerprint density at radius 3 is 2.92 bits per heavy atom. The number of carbonyl (C=O) groups excluding carboxylic acids is 1. The van der Waals surface area contributed by atoms with Crippen LogP contribution in [0.4, 0.5) is 5.82 Å². The Balaban J connectivity index is 1.79. The van der Waals surface area contributed by atoms with Gasteiger partial charge in [-0.15, -0.1) is 11.3 Å². The van der Waals surface area contributed by atoms with Gasteiger partial charge in [-0.05, 0) is 24.4 Å². The number of nitrogens with one attached hydrogen (secondary N) is 1. The highest BCUT2D eigenvalue weighted by Crippen LogP contribution is 2.26. The Morgan fingerprint density at radius 1 is 1.44 bits per heavy atom. The van der Waals surface area contributed by atoms with Gasteiger partial charge in [0.25, 0.3) is 5.56 Å². The van der Waals surface area contributed by atoms with Gasteiger partial charge in [-0.2, -0.15) is 0 Å². The van der Waals surface area contributed by atoms with Crippen molar-refractivity contribution in [3.63, 3.8) is 0 Å². The van der Waals surface area contributed by atoms with Gasteiger partial charge in [-0.3, -0.25) is 14.2 Å². The highest BCUT2D eigenvalue weighted by Gasteiger charge is 2.20. The van der Waals surface area contributed by atoms with Gasteiger partial charge in [0.1, 0.15) is 4.70 Å². The summed E-state index contributed by atoms with van der Waals surface area (Å²) in [5, 5.41) is 5.06. The van der Waals surface area contributed by atoms with Crippen LogP contribution in [-0.4, -0.2) is 25.7 Å². The number of nitrogens with zero attached hydrogens (tertiary/aromatic N) is 3. The monoisotopic (exact) mass is 414 g/mol. The molecular formula is C15H12Cl2N4O2S2. The van der Waals surface area contributed by atoms with E-state index in [-0.39, 0.29) is 22.3 Å². The largest absolute Gasteiger partial charge is 0.308 e. The Kier molecular flexibility index (Phi) is 5.33. The van der Waals surface area contributed by atoms with Crippen LogP contribution in [0.5, 0.6) is 0 Å². The van der Waals surface area contributed by atoms with E-state index in [4.69, 9.17) is 23.2 Å². The van der Waals surface area contributed by atoms with Gasteiger partial charge in [0.15, 0.2) is 11.0 Å². The lowest BCUT2D eigenvalue weighted by atomic mass is 10.4. The molecule has 0 aliphatic carbocycles. The summed E-state index contributed by atoms with van der Waals surface area (Å²) in [4.78, 5) is 33.1. The Labute approximate surface area is 161 Å². The first-order chi connectivity index (χ1) is 11.9. The van der Waals surface area contributed by atoms with E-state index < -0.39 is 5.25 Å². The zero-order valence-corrected chi connectivity index (χ0v) is 16.3. The number of rotatable bonds is 4. The highest BCUT2D eigenvalue weighted by atomic mass is 35.5. The van der Waals surface area contributed by atoms with Crippen molar-refractivity contribution in [3.8, 4) is 0 Å². The first-order valence-electron chi connectivity index (χ1n) is 7.09. The van der Waals surface area contributed by atoms with Crippen molar-refractivity contribution in [2.75, 3.05) is 5.32 Å². The molecule has 0 spiro atoms. The number of fused-ring (bicyclic) bond motifs is 1. The third-order valence-electron chi connectivity index (χ3n) is 3.35. The molecule has 3 rings (SSSR count). The quantitative estimate of drug-likeness (QED) is 0.518. The second-order valence-electron chi connectivity index (χ2n) is 5.13. The first-order valence-corrected chi connectivity index (χ1v) is 9.61. The third-order valence-corrected chi connectivity index (χ3v) is 5.88. The van der Waals surface area contributed by atoms with Crippen LogP contribution in [0.3, 0.4) is 0 Å². The summed E-state index contributed by atoms with van der Waals surface area (Å²) in [6, 6.07) is 3.28. The zero-order valence-electron chi connectivity index (χ0n) is 13.1. The van der Waals surface area contributed by atoms with Gasteiger partial charge in [0, 0.05) is 13.2 Å². The average molecular weight is 415 g/mol. The van der Waals surface area contributed by atoms with Gasteiger partial charge >= 0.3 is 0 Å². The Bertz CT molecular complexity index is 1020. The van der Waals surface area contributed by atoms with Crippen LogP contribution in [0.15, 0.2) is 33.7 Å². The number of anilines is 1. The van der Waals surface area contributed by atoms with Gasteiger partial charge in [-0.25, -0.2) is 9.97 Å². The summed E-state index contributed by atoms with van der Waals surface area (Å²) >= 11 is 14.3. The van der Waals surface area contributed by atoms with Crippen molar-refractivity contribution in [2.45, 2.75) is 17.3 Å². The molecular weight excluding hydrogens is 403 g/mol. The number of aromatic nitrogens is 3. The third kappa shape index (κ3) is 3.82. The lowest BCUT2D eigenvalue weighted by molar-refractivity contribution is -0.115. The van der Waals surface area contributed by atoms with E-state index in [1.165, 1.54) is 39.9 Å². The van der Waals surface area contributed by atoms with Crippen molar-refractivity contribution in [2.24, 2.45) is 7.05 Å². The maximum absolute atomic E-state index is 12.4. The van der Waals surface area contributed by atoms with E-state index in [0.717, 1.165) is 0 Å². The number of hydrogen-bond acceptors (Lipinski definition) is 6. The fourth-order valence-electron chi connectivity index (χ4n) is 2.01. The van der Waals surface area contributed by atoms with Crippen LogP contribution in [0, 0.1) is 0 Å². The summed E-state index contributed by atoms with van der Waals surface area (Å²) in [6.45, 7) is 1.72. The van der Waals surface area contributed by atoms with E-state index in [0.29, 0.717) is 20.4 Å². The molecule has 1 N–H and O–H groups in total. The predicted molar refractivity (Wildman–Crippen MR) is 103 cm³/mol. The number of halogens is 2. The normalized spacial score (nSPS) is 12.3. The molecule has 1 unspecified atom stereocenters. The van der Waals surface area contributed by atoms with E-state index in [1.807, 2.05) is 5.38 Å². The zero-order chi connectivity index (χ0) is 18.1. The summed E-state index contributed by atoms with van der Waals surface area (Å²) in [6.07, 6.45) is 1.40.